The van der Waals surface area contributed by atoms with Crippen molar-refractivity contribution in [1.29, 1.82) is 0 Å². The van der Waals surface area contributed by atoms with Crippen LogP contribution in [0, 0.1) is 0 Å². The molecule has 0 saturated heterocycles. The number of nitrogens with zero attached hydrogens (tertiary/aromatic N) is 1. The lowest BCUT2D eigenvalue weighted by molar-refractivity contribution is 0.111. The number of aldehydes is 2. The summed E-state index contributed by atoms with van der Waals surface area (Å²) in [5.41, 5.74) is 2.56. The van der Waals surface area contributed by atoms with Gasteiger partial charge >= 0.3 is 0 Å². The molecule has 114 valence electrons. The molecule has 2 rings (SSSR count). The van der Waals surface area contributed by atoms with Crippen molar-refractivity contribution in [3.05, 3.63) is 41.5 Å². The van der Waals surface area contributed by atoms with Crippen LogP contribution in [0.3, 0.4) is 0 Å². The van der Waals surface area contributed by atoms with Crippen molar-refractivity contribution in [2.45, 2.75) is 0 Å². The van der Waals surface area contributed by atoms with Gasteiger partial charge in [0.2, 0.25) is 0 Å². The highest BCUT2D eigenvalue weighted by atomic mass is 16.5. The Bertz CT molecular complexity index is 723. The van der Waals surface area contributed by atoms with Crippen LogP contribution in [-0.2, 0) is 0 Å². The fourth-order valence-corrected chi connectivity index (χ4v) is 2.31. The number of hydrogen-bond donors (Lipinski definition) is 1. The van der Waals surface area contributed by atoms with Crippen LogP contribution in [-0.4, -0.2) is 38.9 Å². The number of anilines is 1. The van der Waals surface area contributed by atoms with Gasteiger partial charge in [0.25, 0.3) is 0 Å². The molecule has 0 unspecified atom stereocenters. The van der Waals surface area contributed by atoms with E-state index in [9.17, 15) is 14.7 Å². The van der Waals surface area contributed by atoms with E-state index in [4.69, 9.17) is 4.74 Å². The van der Waals surface area contributed by atoms with Crippen LogP contribution in [0.2, 0.25) is 0 Å². The maximum atomic E-state index is 11.4. The van der Waals surface area contributed by atoms with Crippen LogP contribution in [0.15, 0.2) is 30.3 Å². The van der Waals surface area contributed by atoms with Gasteiger partial charge in [0.05, 0.1) is 7.11 Å². The van der Waals surface area contributed by atoms with Gasteiger partial charge in [0, 0.05) is 36.5 Å². The molecule has 0 amide bonds. The van der Waals surface area contributed by atoms with E-state index in [1.165, 1.54) is 19.2 Å². The summed E-state index contributed by atoms with van der Waals surface area (Å²) in [5.74, 6) is 0.0822. The Labute approximate surface area is 128 Å². The second-order valence-electron chi connectivity index (χ2n) is 4.98. The van der Waals surface area contributed by atoms with Crippen LogP contribution < -0.4 is 9.64 Å². The van der Waals surface area contributed by atoms with Crippen molar-refractivity contribution >= 4 is 18.3 Å². The molecule has 0 aliphatic rings. The number of methoxy groups -OCH3 is 1. The number of phenolic OH excluding ortho intramolecular Hbond substituents is 1. The minimum atomic E-state index is -0.0878. The monoisotopic (exact) mass is 299 g/mol. The molecule has 22 heavy (non-hydrogen) atoms. The van der Waals surface area contributed by atoms with E-state index in [1.807, 2.05) is 25.1 Å². The van der Waals surface area contributed by atoms with Crippen LogP contribution in [0.5, 0.6) is 11.5 Å². The number of carbonyl (C=O) groups is 2. The largest absolute Gasteiger partial charge is 0.504 e. The summed E-state index contributed by atoms with van der Waals surface area (Å²) in [6, 6.07) is 8.16. The molecule has 0 aliphatic heterocycles. The van der Waals surface area contributed by atoms with Gasteiger partial charge in [-0.15, -0.1) is 0 Å². The number of carbonyl (C=O) groups excluding carboxylic acids is 2. The van der Waals surface area contributed by atoms with E-state index < -0.39 is 0 Å². The van der Waals surface area contributed by atoms with Crippen molar-refractivity contribution in [3.8, 4) is 22.6 Å². The fraction of sp³-hybridized carbons (Fsp3) is 0.176. The molecule has 0 aromatic heterocycles. The highest BCUT2D eigenvalue weighted by Crippen LogP contribution is 2.41. The lowest BCUT2D eigenvalue weighted by atomic mass is 9.94. The molecule has 0 fully saturated rings. The number of hydrogen-bond acceptors (Lipinski definition) is 5. The smallest absolute Gasteiger partial charge is 0.169 e. The quantitative estimate of drug-likeness (QED) is 0.860. The lowest BCUT2D eigenvalue weighted by Gasteiger charge is -2.18. The van der Waals surface area contributed by atoms with Crippen molar-refractivity contribution in [1.82, 2.24) is 0 Å². The van der Waals surface area contributed by atoms with E-state index in [0.717, 1.165) is 5.69 Å². The Morgan fingerprint density at radius 1 is 1.05 bits per heavy atom. The highest BCUT2D eigenvalue weighted by molar-refractivity contribution is 5.98. The first-order valence-electron chi connectivity index (χ1n) is 6.65. The van der Waals surface area contributed by atoms with Gasteiger partial charge < -0.3 is 14.7 Å². The molecule has 0 saturated carbocycles. The summed E-state index contributed by atoms with van der Waals surface area (Å²) < 4.78 is 5.23. The van der Waals surface area contributed by atoms with Gasteiger partial charge in [-0.3, -0.25) is 9.59 Å². The summed E-state index contributed by atoms with van der Waals surface area (Å²) in [6.07, 6.45) is 1.39. The van der Waals surface area contributed by atoms with Gasteiger partial charge in [-0.2, -0.15) is 0 Å². The molecule has 0 bridgehead atoms. The Morgan fingerprint density at radius 3 is 2.23 bits per heavy atom. The third kappa shape index (κ3) is 2.65. The Morgan fingerprint density at radius 2 is 1.68 bits per heavy atom. The first-order chi connectivity index (χ1) is 10.5. The molecular weight excluding hydrogens is 282 g/mol. The van der Waals surface area contributed by atoms with E-state index >= 15 is 0 Å². The van der Waals surface area contributed by atoms with Crippen LogP contribution >= 0.6 is 0 Å². The predicted molar refractivity (Wildman–Crippen MR) is 85.2 cm³/mol. The number of aromatic hydroxyl groups is 1. The van der Waals surface area contributed by atoms with Crippen LogP contribution in [0.25, 0.3) is 11.1 Å². The van der Waals surface area contributed by atoms with Crippen molar-refractivity contribution < 1.29 is 19.4 Å². The molecular formula is C17H17NO4. The normalized spacial score (nSPS) is 10.1. The second-order valence-corrected chi connectivity index (χ2v) is 4.98. The molecule has 0 aliphatic carbocycles. The zero-order valence-electron chi connectivity index (χ0n) is 12.7. The zero-order chi connectivity index (χ0) is 16.3. The van der Waals surface area contributed by atoms with Gasteiger partial charge in [0.1, 0.15) is 0 Å². The topological polar surface area (TPSA) is 66.8 Å². The third-order valence-corrected chi connectivity index (χ3v) is 3.45. The lowest BCUT2D eigenvalue weighted by Crippen LogP contribution is -2.09. The van der Waals surface area contributed by atoms with Crippen molar-refractivity contribution in [2.75, 3.05) is 26.1 Å². The predicted octanol–water partition coefficient (Wildman–Crippen LogP) is 2.76. The number of rotatable bonds is 5. The third-order valence-electron chi connectivity index (χ3n) is 3.45. The standard InChI is InChI=1S/C17H17NO4/c1-18(2)13-6-4-11(9-19)14(8-13)16-12(10-20)5-7-15(21)17(16)22-3/h4-10,21H,1-3H3. The Kier molecular flexibility index (Phi) is 4.46. The SMILES string of the molecule is COc1c(O)ccc(C=O)c1-c1cc(N(C)C)ccc1C=O. The van der Waals surface area contributed by atoms with Gasteiger partial charge in [-0.05, 0) is 35.9 Å². The molecule has 2 aromatic rings. The average Bonchev–Trinajstić information content (AvgIpc) is 2.53. The van der Waals surface area contributed by atoms with Crippen molar-refractivity contribution in [3.63, 3.8) is 0 Å². The average molecular weight is 299 g/mol. The van der Waals surface area contributed by atoms with E-state index in [2.05, 4.69) is 0 Å². The summed E-state index contributed by atoms with van der Waals surface area (Å²) >= 11 is 0. The molecule has 2 aromatic carbocycles. The first-order valence-corrected chi connectivity index (χ1v) is 6.65. The van der Waals surface area contributed by atoms with Gasteiger partial charge in [-0.1, -0.05) is 0 Å². The van der Waals surface area contributed by atoms with E-state index in [1.54, 1.807) is 12.1 Å². The molecule has 0 heterocycles. The molecule has 1 N–H and O–H groups in total. The summed E-state index contributed by atoms with van der Waals surface area (Å²) in [6.45, 7) is 0. The molecule has 5 heteroatoms. The maximum absolute atomic E-state index is 11.4. The minimum Gasteiger partial charge on any atom is -0.504 e. The Balaban J connectivity index is 2.85. The Hall–Kier alpha value is -2.82. The van der Waals surface area contributed by atoms with Gasteiger partial charge in [0.15, 0.2) is 24.1 Å². The first kappa shape index (κ1) is 15.6. The van der Waals surface area contributed by atoms with Crippen LogP contribution in [0.4, 0.5) is 5.69 Å². The van der Waals surface area contributed by atoms with Crippen LogP contribution in [0.1, 0.15) is 20.7 Å². The summed E-state index contributed by atoms with van der Waals surface area (Å²) in [4.78, 5) is 24.6. The summed E-state index contributed by atoms with van der Waals surface area (Å²) in [7, 11) is 5.16. The van der Waals surface area contributed by atoms with Crippen molar-refractivity contribution in [2.24, 2.45) is 0 Å². The molecule has 0 radical (unpaired) electrons. The fourth-order valence-electron chi connectivity index (χ4n) is 2.31. The minimum absolute atomic E-state index is 0.0878. The number of benzene rings is 2. The molecule has 0 spiro atoms. The zero-order valence-corrected chi connectivity index (χ0v) is 12.7. The maximum Gasteiger partial charge on any atom is 0.169 e. The highest BCUT2D eigenvalue weighted by Gasteiger charge is 2.19. The number of ether oxygens (including phenoxy) is 1. The van der Waals surface area contributed by atoms with Gasteiger partial charge in [-0.25, -0.2) is 0 Å². The number of phenols is 1. The van der Waals surface area contributed by atoms with E-state index in [0.29, 0.717) is 34.8 Å². The summed E-state index contributed by atoms with van der Waals surface area (Å²) in [5, 5.41) is 9.98. The second kappa shape index (κ2) is 6.30. The van der Waals surface area contributed by atoms with E-state index in [-0.39, 0.29) is 11.5 Å². The molecule has 0 atom stereocenters. The molecule has 5 nitrogen and oxygen atoms in total.